The van der Waals surface area contributed by atoms with Crippen LogP contribution in [-0.2, 0) is 11.3 Å². The van der Waals surface area contributed by atoms with Gasteiger partial charge in [0.15, 0.2) is 0 Å². The van der Waals surface area contributed by atoms with Crippen LogP contribution in [0.4, 0.5) is 0 Å². The Bertz CT molecular complexity index is 366. The van der Waals surface area contributed by atoms with Gasteiger partial charge in [0, 0.05) is 34.9 Å². The zero-order chi connectivity index (χ0) is 12.1. The summed E-state index contributed by atoms with van der Waals surface area (Å²) in [5, 5.41) is 4.68. The molecule has 2 rings (SSSR count). The number of halogens is 1. The summed E-state index contributed by atoms with van der Waals surface area (Å²) in [5.74, 6) is 0. The predicted octanol–water partition coefficient (Wildman–Crippen LogP) is 3.33. The molecule has 0 aromatic heterocycles. The van der Waals surface area contributed by atoms with Crippen molar-refractivity contribution in [2.24, 2.45) is 0 Å². The van der Waals surface area contributed by atoms with E-state index in [-0.39, 0.29) is 0 Å². The standard InChI is InChI=1S/C13H18ClNOS/c1-15-9-10-8-11(14)2-3-13(10)17-12-4-6-16-7-5-12/h2-3,8,12,15H,4-7,9H2,1H3. The lowest BCUT2D eigenvalue weighted by Gasteiger charge is -2.22. The van der Waals surface area contributed by atoms with Gasteiger partial charge in [0.1, 0.15) is 0 Å². The first-order valence-corrected chi connectivity index (χ1v) is 7.23. The highest BCUT2D eigenvalue weighted by molar-refractivity contribution is 8.00. The third-order valence-electron chi connectivity index (χ3n) is 2.85. The van der Waals surface area contributed by atoms with Crippen LogP contribution in [0.25, 0.3) is 0 Å². The second-order valence-corrected chi connectivity index (χ2v) is 5.99. The minimum Gasteiger partial charge on any atom is -0.381 e. The van der Waals surface area contributed by atoms with Crippen molar-refractivity contribution < 1.29 is 4.74 Å². The van der Waals surface area contributed by atoms with Crippen LogP contribution in [0.5, 0.6) is 0 Å². The molecule has 0 aliphatic carbocycles. The Morgan fingerprint density at radius 3 is 2.88 bits per heavy atom. The summed E-state index contributed by atoms with van der Waals surface area (Å²) < 4.78 is 5.39. The normalized spacial score (nSPS) is 17.3. The van der Waals surface area contributed by atoms with Gasteiger partial charge in [-0.05, 0) is 43.7 Å². The van der Waals surface area contributed by atoms with E-state index in [1.165, 1.54) is 10.5 Å². The number of hydrogen-bond acceptors (Lipinski definition) is 3. The van der Waals surface area contributed by atoms with Gasteiger partial charge < -0.3 is 10.1 Å². The lowest BCUT2D eigenvalue weighted by Crippen LogP contribution is -2.17. The van der Waals surface area contributed by atoms with Gasteiger partial charge in [0.05, 0.1) is 0 Å². The van der Waals surface area contributed by atoms with Crippen molar-refractivity contribution in [2.45, 2.75) is 29.5 Å². The molecule has 0 spiro atoms. The van der Waals surface area contributed by atoms with Crippen LogP contribution in [0.3, 0.4) is 0 Å². The minimum absolute atomic E-state index is 0.681. The van der Waals surface area contributed by atoms with E-state index >= 15 is 0 Å². The second kappa shape index (κ2) is 6.64. The molecule has 0 bridgehead atoms. The number of thioether (sulfide) groups is 1. The van der Waals surface area contributed by atoms with E-state index in [1.54, 1.807) is 0 Å². The third-order valence-corrected chi connectivity index (χ3v) is 4.54. The van der Waals surface area contributed by atoms with E-state index < -0.39 is 0 Å². The van der Waals surface area contributed by atoms with Gasteiger partial charge in [-0.1, -0.05) is 11.6 Å². The molecule has 0 amide bonds. The second-order valence-electron chi connectivity index (χ2n) is 4.21. The smallest absolute Gasteiger partial charge is 0.0476 e. The molecule has 1 aliphatic rings. The van der Waals surface area contributed by atoms with E-state index in [0.717, 1.165) is 37.6 Å². The number of benzene rings is 1. The van der Waals surface area contributed by atoms with Gasteiger partial charge in [-0.2, -0.15) is 0 Å². The highest BCUT2D eigenvalue weighted by Crippen LogP contribution is 2.33. The first-order chi connectivity index (χ1) is 8.29. The molecule has 1 heterocycles. The van der Waals surface area contributed by atoms with Crippen LogP contribution in [0.2, 0.25) is 5.02 Å². The van der Waals surface area contributed by atoms with E-state index in [4.69, 9.17) is 16.3 Å². The molecule has 1 aromatic carbocycles. The largest absolute Gasteiger partial charge is 0.381 e. The monoisotopic (exact) mass is 271 g/mol. The number of rotatable bonds is 4. The summed E-state index contributed by atoms with van der Waals surface area (Å²) in [4.78, 5) is 1.34. The highest BCUT2D eigenvalue weighted by Gasteiger charge is 2.16. The first-order valence-electron chi connectivity index (χ1n) is 5.97. The molecule has 1 N–H and O–H groups in total. The molecule has 94 valence electrons. The topological polar surface area (TPSA) is 21.3 Å². The molecule has 0 atom stereocenters. The molecule has 1 aromatic rings. The molecular formula is C13H18ClNOS. The maximum absolute atomic E-state index is 6.04. The predicted molar refractivity (Wildman–Crippen MR) is 73.9 cm³/mol. The van der Waals surface area contributed by atoms with Gasteiger partial charge in [0.2, 0.25) is 0 Å². The summed E-state index contributed by atoms with van der Waals surface area (Å²) in [5.41, 5.74) is 1.29. The van der Waals surface area contributed by atoms with Gasteiger partial charge in [-0.3, -0.25) is 0 Å². The quantitative estimate of drug-likeness (QED) is 0.908. The van der Waals surface area contributed by atoms with Crippen molar-refractivity contribution in [1.29, 1.82) is 0 Å². The summed E-state index contributed by atoms with van der Waals surface area (Å²) in [6, 6.07) is 6.16. The van der Waals surface area contributed by atoms with Crippen molar-refractivity contribution in [3.8, 4) is 0 Å². The van der Waals surface area contributed by atoms with E-state index in [0.29, 0.717) is 5.25 Å². The Morgan fingerprint density at radius 1 is 1.41 bits per heavy atom. The average molecular weight is 272 g/mol. The molecular weight excluding hydrogens is 254 g/mol. The molecule has 1 aliphatic heterocycles. The summed E-state index contributed by atoms with van der Waals surface area (Å²) in [7, 11) is 1.96. The molecule has 4 heteroatoms. The van der Waals surface area contributed by atoms with Crippen LogP contribution in [0.15, 0.2) is 23.1 Å². The molecule has 0 radical (unpaired) electrons. The molecule has 1 saturated heterocycles. The average Bonchev–Trinajstić information content (AvgIpc) is 2.34. The van der Waals surface area contributed by atoms with Crippen molar-refractivity contribution in [2.75, 3.05) is 20.3 Å². The Balaban J connectivity index is 2.07. The van der Waals surface area contributed by atoms with E-state index in [2.05, 4.69) is 17.4 Å². The Hall–Kier alpha value is -0.220. The zero-order valence-corrected chi connectivity index (χ0v) is 11.6. The maximum Gasteiger partial charge on any atom is 0.0476 e. The van der Waals surface area contributed by atoms with Gasteiger partial charge in [-0.25, -0.2) is 0 Å². The van der Waals surface area contributed by atoms with Gasteiger partial charge in [0.25, 0.3) is 0 Å². The maximum atomic E-state index is 6.04. The van der Waals surface area contributed by atoms with Crippen LogP contribution >= 0.6 is 23.4 Å². The van der Waals surface area contributed by atoms with Crippen LogP contribution < -0.4 is 5.32 Å². The Labute approximate surface area is 112 Å². The van der Waals surface area contributed by atoms with E-state index in [1.807, 2.05) is 24.9 Å². The SMILES string of the molecule is CNCc1cc(Cl)ccc1SC1CCOCC1. The summed E-state index contributed by atoms with van der Waals surface area (Å²) >= 11 is 8.00. The molecule has 2 nitrogen and oxygen atoms in total. The summed E-state index contributed by atoms with van der Waals surface area (Å²) in [6.07, 6.45) is 2.29. The van der Waals surface area contributed by atoms with Gasteiger partial charge in [-0.15, -0.1) is 11.8 Å². The minimum atomic E-state index is 0.681. The van der Waals surface area contributed by atoms with Crippen LogP contribution in [0.1, 0.15) is 18.4 Å². The molecule has 0 unspecified atom stereocenters. The van der Waals surface area contributed by atoms with Crippen molar-refractivity contribution >= 4 is 23.4 Å². The Morgan fingerprint density at radius 2 is 2.18 bits per heavy atom. The highest BCUT2D eigenvalue weighted by atomic mass is 35.5. The lowest BCUT2D eigenvalue weighted by atomic mass is 10.2. The molecule has 1 fully saturated rings. The number of ether oxygens (including phenoxy) is 1. The Kier molecular flexibility index (Phi) is 5.16. The molecule has 0 saturated carbocycles. The van der Waals surface area contributed by atoms with Crippen molar-refractivity contribution in [3.05, 3.63) is 28.8 Å². The van der Waals surface area contributed by atoms with Crippen molar-refractivity contribution in [3.63, 3.8) is 0 Å². The molecule has 17 heavy (non-hydrogen) atoms. The van der Waals surface area contributed by atoms with Crippen LogP contribution in [-0.4, -0.2) is 25.5 Å². The number of nitrogens with one attached hydrogen (secondary N) is 1. The summed E-state index contributed by atoms with van der Waals surface area (Å²) in [6.45, 7) is 2.66. The van der Waals surface area contributed by atoms with Crippen LogP contribution in [0, 0.1) is 0 Å². The van der Waals surface area contributed by atoms with Gasteiger partial charge >= 0.3 is 0 Å². The van der Waals surface area contributed by atoms with Crippen molar-refractivity contribution in [1.82, 2.24) is 5.32 Å². The van der Waals surface area contributed by atoms with E-state index in [9.17, 15) is 0 Å². The number of hydrogen-bond donors (Lipinski definition) is 1. The lowest BCUT2D eigenvalue weighted by molar-refractivity contribution is 0.1000. The first kappa shape index (κ1) is 13.2. The fourth-order valence-corrected chi connectivity index (χ4v) is 3.38. The fourth-order valence-electron chi connectivity index (χ4n) is 1.96. The zero-order valence-electron chi connectivity index (χ0n) is 10.0. The third kappa shape index (κ3) is 3.88. The fraction of sp³-hybridized carbons (Fsp3) is 0.538.